The summed E-state index contributed by atoms with van der Waals surface area (Å²) in [6, 6.07) is 7.82. The number of H-pyrrole nitrogens is 1. The maximum Gasteiger partial charge on any atom is 0.305 e. The number of aromatic amines is 1. The molecular formula is C17H24N2O2S. The van der Waals surface area contributed by atoms with Crippen LogP contribution in [0.2, 0.25) is 0 Å². The highest BCUT2D eigenvalue weighted by atomic mass is 32.1. The van der Waals surface area contributed by atoms with Crippen molar-refractivity contribution in [3.8, 4) is 17.0 Å². The number of hydrogen-bond donors (Lipinski definition) is 1. The van der Waals surface area contributed by atoms with Crippen molar-refractivity contribution < 1.29 is 4.74 Å². The Kier molecular flexibility index (Phi) is 6.21. The van der Waals surface area contributed by atoms with Gasteiger partial charge in [-0.1, -0.05) is 25.2 Å². The Hall–Kier alpha value is -1.59. The van der Waals surface area contributed by atoms with Gasteiger partial charge in [0, 0.05) is 11.4 Å². The molecule has 0 atom stereocenters. The molecule has 4 nitrogen and oxygen atoms in total. The minimum absolute atomic E-state index is 0.00812. The predicted octanol–water partition coefficient (Wildman–Crippen LogP) is 3.73. The summed E-state index contributed by atoms with van der Waals surface area (Å²) in [4.78, 5) is 18.3. The van der Waals surface area contributed by atoms with Gasteiger partial charge in [-0.3, -0.25) is 9.69 Å². The largest absolute Gasteiger partial charge is 0.497 e. The second kappa shape index (κ2) is 8.15. The highest BCUT2D eigenvalue weighted by Crippen LogP contribution is 2.26. The molecule has 2 rings (SSSR count). The molecule has 0 aliphatic carbocycles. The standard InChI is InChI=1S/C17H24N2O2S/c1-4-10-19(11-5-2)12-15-16(18-17(20)22-15)13-6-8-14(21-3)9-7-13/h6-9H,4-5,10-12H2,1-3H3,(H,18,20). The van der Waals surface area contributed by atoms with Crippen molar-refractivity contribution in [3.63, 3.8) is 0 Å². The van der Waals surface area contributed by atoms with Crippen LogP contribution in [-0.4, -0.2) is 30.1 Å². The minimum Gasteiger partial charge on any atom is -0.497 e. The lowest BCUT2D eigenvalue weighted by Gasteiger charge is -2.20. The molecule has 22 heavy (non-hydrogen) atoms. The quantitative estimate of drug-likeness (QED) is 0.806. The fourth-order valence-electron chi connectivity index (χ4n) is 2.57. The molecule has 0 radical (unpaired) electrons. The van der Waals surface area contributed by atoms with E-state index in [1.54, 1.807) is 7.11 Å². The average molecular weight is 320 g/mol. The fraction of sp³-hybridized carbons (Fsp3) is 0.471. The van der Waals surface area contributed by atoms with E-state index < -0.39 is 0 Å². The number of nitrogens with one attached hydrogen (secondary N) is 1. The molecule has 1 heterocycles. The number of benzene rings is 1. The van der Waals surface area contributed by atoms with Gasteiger partial charge in [0.15, 0.2) is 0 Å². The molecule has 0 bridgehead atoms. The lowest BCUT2D eigenvalue weighted by Crippen LogP contribution is -2.24. The van der Waals surface area contributed by atoms with E-state index in [1.807, 2.05) is 24.3 Å². The molecule has 0 saturated heterocycles. The topological polar surface area (TPSA) is 45.3 Å². The van der Waals surface area contributed by atoms with Gasteiger partial charge in [0.2, 0.25) is 0 Å². The van der Waals surface area contributed by atoms with Crippen molar-refractivity contribution in [2.45, 2.75) is 33.2 Å². The number of rotatable bonds is 8. The number of nitrogens with zero attached hydrogens (tertiary/aromatic N) is 1. The highest BCUT2D eigenvalue weighted by Gasteiger charge is 2.13. The summed E-state index contributed by atoms with van der Waals surface area (Å²) in [5, 5.41) is 0. The summed E-state index contributed by atoms with van der Waals surface area (Å²) in [6.07, 6.45) is 2.24. The van der Waals surface area contributed by atoms with Crippen LogP contribution in [0.4, 0.5) is 0 Å². The SMILES string of the molecule is CCCN(CCC)Cc1sc(=O)[nH]c1-c1ccc(OC)cc1. The second-order valence-corrected chi connectivity index (χ2v) is 6.39. The summed E-state index contributed by atoms with van der Waals surface area (Å²) in [5.74, 6) is 0.821. The molecule has 0 amide bonds. The Labute approximate surface area is 135 Å². The fourth-order valence-corrected chi connectivity index (χ4v) is 3.46. The third-order valence-corrected chi connectivity index (χ3v) is 4.41. The summed E-state index contributed by atoms with van der Waals surface area (Å²) >= 11 is 1.32. The first kappa shape index (κ1) is 16.8. The number of methoxy groups -OCH3 is 1. The van der Waals surface area contributed by atoms with E-state index in [2.05, 4.69) is 23.7 Å². The normalized spacial score (nSPS) is 11.1. The van der Waals surface area contributed by atoms with Gasteiger partial charge in [-0.25, -0.2) is 0 Å². The summed E-state index contributed by atoms with van der Waals surface area (Å²) in [6.45, 7) is 7.32. The lowest BCUT2D eigenvalue weighted by molar-refractivity contribution is 0.269. The van der Waals surface area contributed by atoms with Gasteiger partial charge in [0.1, 0.15) is 5.75 Å². The van der Waals surface area contributed by atoms with Crippen LogP contribution in [0.25, 0.3) is 11.3 Å². The smallest absolute Gasteiger partial charge is 0.305 e. The summed E-state index contributed by atoms with van der Waals surface area (Å²) < 4.78 is 5.19. The Morgan fingerprint density at radius 1 is 1.14 bits per heavy atom. The Morgan fingerprint density at radius 3 is 2.32 bits per heavy atom. The number of aromatic nitrogens is 1. The first-order chi connectivity index (χ1) is 10.7. The number of thiazole rings is 1. The van der Waals surface area contributed by atoms with Crippen molar-refractivity contribution in [1.29, 1.82) is 0 Å². The zero-order valence-corrected chi connectivity index (χ0v) is 14.3. The molecular weight excluding hydrogens is 296 g/mol. The van der Waals surface area contributed by atoms with E-state index in [-0.39, 0.29) is 4.87 Å². The van der Waals surface area contributed by atoms with Gasteiger partial charge in [-0.15, -0.1) is 0 Å². The average Bonchev–Trinajstić information content (AvgIpc) is 2.88. The lowest BCUT2D eigenvalue weighted by atomic mass is 10.1. The maximum atomic E-state index is 11.8. The van der Waals surface area contributed by atoms with E-state index >= 15 is 0 Å². The van der Waals surface area contributed by atoms with Crippen LogP contribution < -0.4 is 9.61 Å². The van der Waals surface area contributed by atoms with Gasteiger partial charge < -0.3 is 9.72 Å². The molecule has 1 aromatic heterocycles. The summed E-state index contributed by atoms with van der Waals surface area (Å²) in [7, 11) is 1.65. The van der Waals surface area contributed by atoms with Crippen LogP contribution in [-0.2, 0) is 6.54 Å². The predicted molar refractivity (Wildman–Crippen MR) is 92.8 cm³/mol. The molecule has 1 aromatic carbocycles. The molecule has 0 saturated carbocycles. The highest BCUT2D eigenvalue weighted by molar-refractivity contribution is 7.09. The van der Waals surface area contributed by atoms with Crippen molar-refractivity contribution in [2.75, 3.05) is 20.2 Å². The van der Waals surface area contributed by atoms with Crippen LogP contribution in [0.5, 0.6) is 5.75 Å². The van der Waals surface area contributed by atoms with Crippen molar-refractivity contribution in [3.05, 3.63) is 38.8 Å². The van der Waals surface area contributed by atoms with E-state index in [4.69, 9.17) is 4.74 Å². The minimum atomic E-state index is 0.00812. The molecule has 0 aliphatic rings. The summed E-state index contributed by atoms with van der Waals surface area (Å²) in [5.41, 5.74) is 1.97. The van der Waals surface area contributed by atoms with Gasteiger partial charge in [-0.05, 0) is 55.8 Å². The molecule has 2 aromatic rings. The van der Waals surface area contributed by atoms with Crippen LogP contribution in [0.3, 0.4) is 0 Å². The Bertz CT molecular complexity index is 625. The van der Waals surface area contributed by atoms with Gasteiger partial charge in [0.25, 0.3) is 0 Å². The number of hydrogen-bond acceptors (Lipinski definition) is 4. The van der Waals surface area contributed by atoms with Crippen molar-refractivity contribution in [2.24, 2.45) is 0 Å². The van der Waals surface area contributed by atoms with Gasteiger partial charge in [-0.2, -0.15) is 0 Å². The van der Waals surface area contributed by atoms with Crippen LogP contribution >= 0.6 is 11.3 Å². The molecule has 120 valence electrons. The maximum absolute atomic E-state index is 11.8. The Balaban J connectivity index is 2.26. The molecule has 0 aliphatic heterocycles. The second-order valence-electron chi connectivity index (χ2n) is 5.32. The first-order valence-corrected chi connectivity index (χ1v) is 8.58. The van der Waals surface area contributed by atoms with E-state index in [9.17, 15) is 4.79 Å². The number of ether oxygens (including phenoxy) is 1. The zero-order valence-electron chi connectivity index (χ0n) is 13.5. The Morgan fingerprint density at radius 2 is 1.77 bits per heavy atom. The third kappa shape index (κ3) is 4.21. The van der Waals surface area contributed by atoms with Crippen LogP contribution in [0.1, 0.15) is 31.6 Å². The first-order valence-electron chi connectivity index (χ1n) is 7.76. The van der Waals surface area contributed by atoms with E-state index in [1.165, 1.54) is 11.3 Å². The molecule has 0 unspecified atom stereocenters. The van der Waals surface area contributed by atoms with Crippen LogP contribution in [0, 0.1) is 0 Å². The van der Waals surface area contributed by atoms with Gasteiger partial charge in [0.05, 0.1) is 12.8 Å². The van der Waals surface area contributed by atoms with E-state index in [0.717, 1.165) is 54.4 Å². The monoisotopic (exact) mass is 320 g/mol. The third-order valence-electron chi connectivity index (χ3n) is 3.55. The molecule has 0 spiro atoms. The zero-order chi connectivity index (χ0) is 15.9. The van der Waals surface area contributed by atoms with Gasteiger partial charge >= 0.3 is 4.87 Å². The molecule has 0 fully saturated rings. The molecule has 5 heteroatoms. The van der Waals surface area contributed by atoms with Crippen LogP contribution in [0.15, 0.2) is 29.1 Å². The molecule has 1 N–H and O–H groups in total. The van der Waals surface area contributed by atoms with Crippen molar-refractivity contribution in [1.82, 2.24) is 9.88 Å². The van der Waals surface area contributed by atoms with Crippen molar-refractivity contribution >= 4 is 11.3 Å². The van der Waals surface area contributed by atoms with E-state index in [0.29, 0.717) is 0 Å².